The second kappa shape index (κ2) is 9.94. The summed E-state index contributed by atoms with van der Waals surface area (Å²) in [6.07, 6.45) is 0. The van der Waals surface area contributed by atoms with Crippen LogP contribution in [0.2, 0.25) is 0 Å². The smallest absolute Gasteiger partial charge is 0.338 e. The normalized spacial score (nSPS) is 10.9. The molecule has 0 saturated carbocycles. The van der Waals surface area contributed by atoms with Crippen molar-refractivity contribution < 1.29 is 19.1 Å². The van der Waals surface area contributed by atoms with Gasteiger partial charge in [-0.1, -0.05) is 63.2 Å². The van der Waals surface area contributed by atoms with E-state index in [0.29, 0.717) is 23.6 Å². The Bertz CT molecular complexity index is 1000. The largest absolute Gasteiger partial charge is 0.489 e. The van der Waals surface area contributed by atoms with Gasteiger partial charge in [-0.15, -0.1) is 0 Å². The second-order valence-electron chi connectivity index (χ2n) is 8.25. The monoisotopic (exact) mass is 417 g/mol. The lowest BCUT2D eigenvalue weighted by atomic mass is 9.87. The Balaban J connectivity index is 1.46. The lowest BCUT2D eigenvalue weighted by molar-refractivity contribution is -0.119. The maximum atomic E-state index is 12.2. The van der Waals surface area contributed by atoms with E-state index in [1.54, 1.807) is 24.3 Å². The maximum absolute atomic E-state index is 12.2. The van der Waals surface area contributed by atoms with E-state index >= 15 is 0 Å². The summed E-state index contributed by atoms with van der Waals surface area (Å²) < 4.78 is 10.8. The van der Waals surface area contributed by atoms with Gasteiger partial charge in [0.15, 0.2) is 6.61 Å². The number of amides is 1. The zero-order chi connectivity index (χ0) is 22.3. The van der Waals surface area contributed by atoms with Gasteiger partial charge < -0.3 is 14.8 Å². The van der Waals surface area contributed by atoms with Crippen LogP contribution in [0.3, 0.4) is 0 Å². The standard InChI is InChI=1S/C26H27NO4/c1-26(2,3)21-11-13-22(14-12-21)27-24(28)18-31-25(29)20-9-15-23(16-10-20)30-17-19-7-5-4-6-8-19/h4-16H,17-18H2,1-3H3,(H,27,28). The average molecular weight is 418 g/mol. The van der Waals surface area contributed by atoms with Gasteiger partial charge in [-0.3, -0.25) is 4.79 Å². The average Bonchev–Trinajstić information content (AvgIpc) is 2.77. The third-order valence-corrected chi connectivity index (χ3v) is 4.71. The quantitative estimate of drug-likeness (QED) is 0.526. The molecule has 0 spiro atoms. The van der Waals surface area contributed by atoms with Crippen molar-refractivity contribution in [1.29, 1.82) is 0 Å². The van der Waals surface area contributed by atoms with Crippen molar-refractivity contribution in [2.24, 2.45) is 0 Å². The molecule has 3 rings (SSSR count). The first-order valence-corrected chi connectivity index (χ1v) is 10.2. The summed E-state index contributed by atoms with van der Waals surface area (Å²) in [5.74, 6) is -0.302. The molecule has 0 aromatic heterocycles. The van der Waals surface area contributed by atoms with Gasteiger partial charge in [-0.05, 0) is 52.9 Å². The molecule has 1 N–H and O–H groups in total. The number of anilines is 1. The Labute approximate surface area is 183 Å². The van der Waals surface area contributed by atoms with Gasteiger partial charge in [0.2, 0.25) is 0 Å². The highest BCUT2D eigenvalue weighted by Gasteiger charge is 2.14. The number of carbonyl (C=O) groups excluding carboxylic acids is 2. The number of esters is 1. The fourth-order valence-electron chi connectivity index (χ4n) is 2.89. The predicted molar refractivity (Wildman–Crippen MR) is 121 cm³/mol. The molecule has 0 atom stereocenters. The van der Waals surface area contributed by atoms with Crippen molar-refractivity contribution in [2.45, 2.75) is 32.8 Å². The number of hydrogen-bond acceptors (Lipinski definition) is 4. The van der Waals surface area contributed by atoms with Crippen LogP contribution in [0.15, 0.2) is 78.9 Å². The Kier molecular flexibility index (Phi) is 7.08. The van der Waals surface area contributed by atoms with Crippen molar-refractivity contribution in [2.75, 3.05) is 11.9 Å². The number of carbonyl (C=O) groups is 2. The van der Waals surface area contributed by atoms with E-state index in [4.69, 9.17) is 9.47 Å². The third kappa shape index (κ3) is 6.71. The summed E-state index contributed by atoms with van der Waals surface area (Å²) in [6.45, 7) is 6.47. The molecule has 5 heteroatoms. The van der Waals surface area contributed by atoms with Crippen LogP contribution in [-0.2, 0) is 21.6 Å². The van der Waals surface area contributed by atoms with Gasteiger partial charge in [0.1, 0.15) is 12.4 Å². The molecule has 0 radical (unpaired) electrons. The highest BCUT2D eigenvalue weighted by atomic mass is 16.5. The minimum absolute atomic E-state index is 0.0419. The minimum atomic E-state index is -0.562. The van der Waals surface area contributed by atoms with Gasteiger partial charge >= 0.3 is 5.97 Å². The zero-order valence-electron chi connectivity index (χ0n) is 18.1. The van der Waals surface area contributed by atoms with E-state index in [1.807, 2.05) is 54.6 Å². The van der Waals surface area contributed by atoms with Gasteiger partial charge in [-0.25, -0.2) is 4.79 Å². The number of rotatable bonds is 7. The van der Waals surface area contributed by atoms with Crippen LogP contribution >= 0.6 is 0 Å². The van der Waals surface area contributed by atoms with Crippen molar-refractivity contribution >= 4 is 17.6 Å². The summed E-state index contributed by atoms with van der Waals surface area (Å²) in [7, 11) is 0. The highest BCUT2D eigenvalue weighted by molar-refractivity contribution is 5.95. The minimum Gasteiger partial charge on any atom is -0.489 e. The number of nitrogens with one attached hydrogen (secondary N) is 1. The topological polar surface area (TPSA) is 64.6 Å². The Morgan fingerprint density at radius 3 is 2.10 bits per heavy atom. The van der Waals surface area contributed by atoms with E-state index in [2.05, 4.69) is 26.1 Å². The molecule has 3 aromatic carbocycles. The molecule has 0 unspecified atom stereocenters. The first-order chi connectivity index (χ1) is 14.8. The Morgan fingerprint density at radius 1 is 0.839 bits per heavy atom. The van der Waals surface area contributed by atoms with Crippen molar-refractivity contribution in [3.05, 3.63) is 95.6 Å². The second-order valence-corrected chi connectivity index (χ2v) is 8.25. The molecule has 31 heavy (non-hydrogen) atoms. The molecule has 0 fully saturated rings. The third-order valence-electron chi connectivity index (χ3n) is 4.71. The maximum Gasteiger partial charge on any atom is 0.338 e. The van der Waals surface area contributed by atoms with Crippen molar-refractivity contribution in [3.63, 3.8) is 0 Å². The van der Waals surface area contributed by atoms with Crippen LogP contribution in [0.25, 0.3) is 0 Å². The summed E-state index contributed by atoms with van der Waals surface area (Å²) in [6, 6.07) is 24.1. The van der Waals surface area contributed by atoms with Gasteiger partial charge in [-0.2, -0.15) is 0 Å². The SMILES string of the molecule is CC(C)(C)c1ccc(NC(=O)COC(=O)c2ccc(OCc3ccccc3)cc2)cc1. The molecule has 3 aromatic rings. The van der Waals surface area contributed by atoms with Crippen molar-refractivity contribution in [1.82, 2.24) is 0 Å². The molecule has 0 bridgehead atoms. The molecule has 160 valence electrons. The van der Waals surface area contributed by atoms with E-state index in [-0.39, 0.29) is 17.9 Å². The van der Waals surface area contributed by atoms with Crippen molar-refractivity contribution in [3.8, 4) is 5.75 Å². The van der Waals surface area contributed by atoms with Crippen LogP contribution in [0.4, 0.5) is 5.69 Å². The molecule has 1 amide bonds. The molecular weight excluding hydrogens is 390 g/mol. The summed E-state index contributed by atoms with van der Waals surface area (Å²) in [5.41, 5.74) is 3.29. The molecule has 0 aliphatic rings. The summed E-state index contributed by atoms with van der Waals surface area (Å²) >= 11 is 0. The fourth-order valence-corrected chi connectivity index (χ4v) is 2.89. The van der Waals surface area contributed by atoms with Crippen LogP contribution < -0.4 is 10.1 Å². The first kappa shape index (κ1) is 22.1. The molecule has 0 aliphatic heterocycles. The summed E-state index contributed by atoms with van der Waals surface area (Å²) in [4.78, 5) is 24.3. The number of benzene rings is 3. The van der Waals surface area contributed by atoms with Crippen LogP contribution in [0.1, 0.15) is 42.3 Å². The lowest BCUT2D eigenvalue weighted by Crippen LogP contribution is -2.21. The summed E-state index contributed by atoms with van der Waals surface area (Å²) in [5, 5.41) is 2.73. The Morgan fingerprint density at radius 2 is 1.48 bits per heavy atom. The van der Waals surface area contributed by atoms with Gasteiger partial charge in [0, 0.05) is 5.69 Å². The van der Waals surface area contributed by atoms with Crippen LogP contribution in [-0.4, -0.2) is 18.5 Å². The van der Waals surface area contributed by atoms with E-state index in [1.165, 1.54) is 5.56 Å². The lowest BCUT2D eigenvalue weighted by Gasteiger charge is -2.19. The van der Waals surface area contributed by atoms with Crippen LogP contribution in [0, 0.1) is 0 Å². The number of ether oxygens (including phenoxy) is 2. The van der Waals surface area contributed by atoms with Crippen LogP contribution in [0.5, 0.6) is 5.75 Å². The Hall–Kier alpha value is -3.60. The van der Waals surface area contributed by atoms with E-state index in [9.17, 15) is 9.59 Å². The zero-order valence-corrected chi connectivity index (χ0v) is 18.1. The first-order valence-electron chi connectivity index (χ1n) is 10.2. The molecule has 0 aliphatic carbocycles. The molecule has 5 nitrogen and oxygen atoms in total. The fraction of sp³-hybridized carbons (Fsp3) is 0.231. The van der Waals surface area contributed by atoms with E-state index < -0.39 is 5.97 Å². The molecular formula is C26H27NO4. The van der Waals surface area contributed by atoms with E-state index in [0.717, 1.165) is 5.56 Å². The predicted octanol–water partition coefficient (Wildman–Crippen LogP) is 5.36. The number of hydrogen-bond donors (Lipinski definition) is 1. The highest BCUT2D eigenvalue weighted by Crippen LogP contribution is 2.23. The van der Waals surface area contributed by atoms with Gasteiger partial charge in [0.05, 0.1) is 5.56 Å². The molecule has 0 saturated heterocycles. The van der Waals surface area contributed by atoms with Gasteiger partial charge in [0.25, 0.3) is 5.91 Å². The molecule has 0 heterocycles.